The molecule has 3 heteroatoms. The molecule has 1 saturated heterocycles. The Morgan fingerprint density at radius 2 is 2.31 bits per heavy atom. The molecule has 0 saturated carbocycles. The predicted molar refractivity (Wildman–Crippen MR) is 52.0 cm³/mol. The third kappa shape index (κ3) is 2.33. The van der Waals surface area contributed by atoms with E-state index in [9.17, 15) is 4.79 Å². The molecule has 0 aliphatic carbocycles. The van der Waals surface area contributed by atoms with Gasteiger partial charge in [0.25, 0.3) is 0 Å². The maximum Gasteiger partial charge on any atom is 0.247 e. The molecule has 0 aromatic carbocycles. The first kappa shape index (κ1) is 9.82. The van der Waals surface area contributed by atoms with Gasteiger partial charge in [0.05, 0.1) is 6.04 Å². The minimum absolute atomic E-state index is 0.0537. The van der Waals surface area contributed by atoms with Gasteiger partial charge in [-0.3, -0.25) is 4.79 Å². The number of hydrogen-bond acceptors (Lipinski definition) is 2. The zero-order valence-electron chi connectivity index (χ0n) is 7.98. The minimum atomic E-state index is -0.198. The van der Waals surface area contributed by atoms with E-state index in [1.807, 2.05) is 6.92 Å². The fraction of sp³-hybridized carbons (Fsp3) is 0.500. The summed E-state index contributed by atoms with van der Waals surface area (Å²) >= 11 is 0. The van der Waals surface area contributed by atoms with E-state index in [-0.39, 0.29) is 11.9 Å². The Kier molecular flexibility index (Phi) is 3.10. The molecule has 1 heterocycles. The Morgan fingerprint density at radius 3 is 2.69 bits per heavy atom. The van der Waals surface area contributed by atoms with Crippen molar-refractivity contribution in [3.8, 4) is 12.3 Å². The lowest BCUT2D eigenvalue weighted by atomic mass is 10.0. The molecule has 1 rings (SSSR count). The fourth-order valence-corrected chi connectivity index (χ4v) is 1.02. The summed E-state index contributed by atoms with van der Waals surface area (Å²) in [7, 11) is 0. The number of amides is 1. The lowest BCUT2D eigenvalue weighted by Crippen LogP contribution is -2.39. The third-order valence-corrected chi connectivity index (χ3v) is 2.15. The second-order valence-electron chi connectivity index (χ2n) is 3.19. The quantitative estimate of drug-likeness (QED) is 0.463. The van der Waals surface area contributed by atoms with Gasteiger partial charge in [0.2, 0.25) is 5.91 Å². The van der Waals surface area contributed by atoms with Gasteiger partial charge in [-0.15, -0.1) is 6.42 Å². The van der Waals surface area contributed by atoms with Crippen LogP contribution >= 0.6 is 0 Å². The summed E-state index contributed by atoms with van der Waals surface area (Å²) in [5, 5.41) is 5.80. The van der Waals surface area contributed by atoms with Gasteiger partial charge in [-0.05, 0) is 19.4 Å². The van der Waals surface area contributed by atoms with E-state index in [1.165, 1.54) is 5.57 Å². The SMILES string of the molecule is C#CC(C)NC(=O)C(C)=C1CNC1. The van der Waals surface area contributed by atoms with Crippen molar-refractivity contribution in [2.24, 2.45) is 0 Å². The van der Waals surface area contributed by atoms with Crippen LogP contribution in [0.1, 0.15) is 13.8 Å². The standard InChI is InChI=1S/C10H14N2O/c1-4-7(2)12-10(13)8(3)9-5-11-6-9/h1,7,11H,5-6H2,2-3H3,(H,12,13). The summed E-state index contributed by atoms with van der Waals surface area (Å²) in [6, 6.07) is -0.198. The molecule has 1 aliphatic heterocycles. The summed E-state index contributed by atoms with van der Waals surface area (Å²) in [4.78, 5) is 11.5. The highest BCUT2D eigenvalue weighted by Crippen LogP contribution is 2.08. The van der Waals surface area contributed by atoms with Gasteiger partial charge >= 0.3 is 0 Å². The van der Waals surface area contributed by atoms with Gasteiger partial charge < -0.3 is 10.6 Å². The first-order chi connectivity index (χ1) is 6.15. The minimum Gasteiger partial charge on any atom is -0.339 e. The zero-order valence-corrected chi connectivity index (χ0v) is 7.98. The van der Waals surface area contributed by atoms with Crippen LogP contribution in [0.3, 0.4) is 0 Å². The van der Waals surface area contributed by atoms with Crippen LogP contribution in [-0.2, 0) is 4.79 Å². The molecule has 1 unspecified atom stereocenters. The maximum absolute atomic E-state index is 11.5. The Bertz CT molecular complexity index is 280. The molecule has 70 valence electrons. The normalized spacial score (nSPS) is 16.8. The van der Waals surface area contributed by atoms with Crippen LogP contribution in [0.5, 0.6) is 0 Å². The van der Waals surface area contributed by atoms with Crippen LogP contribution in [-0.4, -0.2) is 25.0 Å². The van der Waals surface area contributed by atoms with Crippen molar-refractivity contribution in [2.45, 2.75) is 19.9 Å². The lowest BCUT2D eigenvalue weighted by molar-refractivity contribution is -0.117. The van der Waals surface area contributed by atoms with Crippen LogP contribution in [0.4, 0.5) is 0 Å². The van der Waals surface area contributed by atoms with Crippen molar-refractivity contribution >= 4 is 5.91 Å². The van der Waals surface area contributed by atoms with Gasteiger partial charge in [-0.1, -0.05) is 5.92 Å². The number of nitrogens with one attached hydrogen (secondary N) is 2. The topological polar surface area (TPSA) is 41.1 Å². The van der Waals surface area contributed by atoms with E-state index < -0.39 is 0 Å². The van der Waals surface area contributed by atoms with Crippen LogP contribution in [0.15, 0.2) is 11.1 Å². The lowest BCUT2D eigenvalue weighted by Gasteiger charge is -2.21. The molecule has 0 aromatic heterocycles. The van der Waals surface area contributed by atoms with Crippen molar-refractivity contribution in [3.05, 3.63) is 11.1 Å². The molecule has 3 nitrogen and oxygen atoms in total. The van der Waals surface area contributed by atoms with Gasteiger partial charge in [-0.25, -0.2) is 0 Å². The molecule has 2 N–H and O–H groups in total. The Morgan fingerprint density at radius 1 is 1.69 bits per heavy atom. The average Bonchev–Trinajstić information content (AvgIpc) is 2.00. The number of hydrogen-bond donors (Lipinski definition) is 2. The number of carbonyl (C=O) groups excluding carboxylic acids is 1. The van der Waals surface area contributed by atoms with Crippen molar-refractivity contribution in [3.63, 3.8) is 0 Å². The summed E-state index contributed by atoms with van der Waals surface area (Å²) in [6.07, 6.45) is 5.15. The zero-order chi connectivity index (χ0) is 9.84. The summed E-state index contributed by atoms with van der Waals surface area (Å²) in [5.74, 6) is 2.40. The average molecular weight is 178 g/mol. The molecule has 1 fully saturated rings. The number of terminal acetylenes is 1. The van der Waals surface area contributed by atoms with E-state index in [2.05, 4.69) is 16.6 Å². The number of carbonyl (C=O) groups is 1. The van der Waals surface area contributed by atoms with Crippen LogP contribution < -0.4 is 10.6 Å². The summed E-state index contributed by atoms with van der Waals surface area (Å²) in [6.45, 7) is 5.26. The van der Waals surface area contributed by atoms with Gasteiger partial charge in [0.1, 0.15) is 0 Å². The third-order valence-electron chi connectivity index (χ3n) is 2.15. The number of rotatable bonds is 2. The van der Waals surface area contributed by atoms with E-state index in [0.29, 0.717) is 0 Å². The van der Waals surface area contributed by atoms with E-state index in [0.717, 1.165) is 18.7 Å². The first-order valence-corrected chi connectivity index (χ1v) is 4.31. The Balaban J connectivity index is 2.53. The highest BCUT2D eigenvalue weighted by Gasteiger charge is 2.16. The largest absolute Gasteiger partial charge is 0.339 e. The van der Waals surface area contributed by atoms with Gasteiger partial charge in [0.15, 0.2) is 0 Å². The fourth-order valence-electron chi connectivity index (χ4n) is 1.02. The van der Waals surface area contributed by atoms with Gasteiger partial charge in [-0.2, -0.15) is 0 Å². The Hall–Kier alpha value is -1.27. The second kappa shape index (κ2) is 4.11. The molecule has 0 radical (unpaired) electrons. The Labute approximate surface area is 78.6 Å². The molecule has 1 atom stereocenters. The highest BCUT2D eigenvalue weighted by molar-refractivity contribution is 5.94. The van der Waals surface area contributed by atoms with Crippen molar-refractivity contribution in [2.75, 3.05) is 13.1 Å². The van der Waals surface area contributed by atoms with E-state index >= 15 is 0 Å². The molecule has 13 heavy (non-hydrogen) atoms. The second-order valence-corrected chi connectivity index (χ2v) is 3.19. The van der Waals surface area contributed by atoms with E-state index in [4.69, 9.17) is 6.42 Å². The molecular formula is C10H14N2O. The highest BCUT2D eigenvalue weighted by atomic mass is 16.1. The van der Waals surface area contributed by atoms with E-state index in [1.54, 1.807) is 6.92 Å². The van der Waals surface area contributed by atoms with Crippen molar-refractivity contribution in [1.82, 2.24) is 10.6 Å². The smallest absolute Gasteiger partial charge is 0.247 e. The predicted octanol–water partition coefficient (Wildman–Crippen LogP) is 0.0440. The molecule has 1 amide bonds. The summed E-state index contributed by atoms with van der Waals surface area (Å²) in [5.41, 5.74) is 1.96. The monoisotopic (exact) mass is 178 g/mol. The summed E-state index contributed by atoms with van der Waals surface area (Å²) < 4.78 is 0. The maximum atomic E-state index is 11.5. The van der Waals surface area contributed by atoms with Crippen molar-refractivity contribution in [1.29, 1.82) is 0 Å². The molecular weight excluding hydrogens is 164 g/mol. The van der Waals surface area contributed by atoms with Crippen LogP contribution in [0.2, 0.25) is 0 Å². The van der Waals surface area contributed by atoms with Gasteiger partial charge in [0, 0.05) is 18.7 Å². The molecule has 0 spiro atoms. The van der Waals surface area contributed by atoms with Crippen LogP contribution in [0, 0.1) is 12.3 Å². The molecule has 0 bridgehead atoms. The van der Waals surface area contributed by atoms with Crippen LogP contribution in [0.25, 0.3) is 0 Å². The van der Waals surface area contributed by atoms with Crippen molar-refractivity contribution < 1.29 is 4.79 Å². The molecule has 1 aliphatic rings. The molecule has 0 aromatic rings. The first-order valence-electron chi connectivity index (χ1n) is 4.31.